The molecule has 0 saturated heterocycles. The number of fused-ring (bicyclic) bond motifs is 8. The lowest BCUT2D eigenvalue weighted by atomic mass is 9.86. The van der Waals surface area contributed by atoms with Crippen molar-refractivity contribution in [2.75, 3.05) is 4.90 Å². The van der Waals surface area contributed by atoms with E-state index in [1.54, 1.807) is 0 Å². The van der Waals surface area contributed by atoms with Gasteiger partial charge in [-0.1, -0.05) is 182 Å². The Balaban J connectivity index is 0.991. The number of allylic oxidation sites excluding steroid dienone is 3. The molecule has 282 valence electrons. The first-order chi connectivity index (χ1) is 29.8. The zero-order valence-electron chi connectivity index (χ0n) is 33.0. The summed E-state index contributed by atoms with van der Waals surface area (Å²) in [7, 11) is 0. The van der Waals surface area contributed by atoms with E-state index in [1.165, 1.54) is 98.5 Å². The molecule has 0 bridgehead atoms. The van der Waals surface area contributed by atoms with Gasteiger partial charge in [-0.05, 0) is 109 Å². The second-order valence-corrected chi connectivity index (χ2v) is 16.0. The molecule has 1 atom stereocenters. The van der Waals surface area contributed by atoms with Crippen molar-refractivity contribution in [2.45, 2.75) is 12.5 Å². The molecule has 10 aromatic carbocycles. The van der Waals surface area contributed by atoms with Crippen LogP contribution in [0, 0.1) is 0 Å². The molecule has 1 aromatic heterocycles. The minimum absolute atomic E-state index is 0.153. The number of anilines is 2. The molecule has 0 N–H and O–H groups in total. The monoisotopic (exact) mass is 764 g/mol. The fourth-order valence-corrected chi connectivity index (χ4v) is 10.1. The molecule has 0 aliphatic heterocycles. The van der Waals surface area contributed by atoms with Crippen molar-refractivity contribution in [2.24, 2.45) is 0 Å². The van der Waals surface area contributed by atoms with Crippen LogP contribution in [0.4, 0.5) is 11.4 Å². The first-order valence-electron chi connectivity index (χ1n) is 21.0. The van der Waals surface area contributed by atoms with E-state index in [0.29, 0.717) is 0 Å². The Kier molecular flexibility index (Phi) is 8.02. The molecule has 0 saturated carbocycles. The van der Waals surface area contributed by atoms with Crippen molar-refractivity contribution in [1.29, 1.82) is 0 Å². The van der Waals surface area contributed by atoms with Gasteiger partial charge < -0.3 is 9.47 Å². The number of para-hydroxylation sites is 2. The van der Waals surface area contributed by atoms with Gasteiger partial charge in [-0.25, -0.2) is 0 Å². The summed E-state index contributed by atoms with van der Waals surface area (Å²) in [6, 6.07) is 75.7. The third-order valence-corrected chi connectivity index (χ3v) is 12.6. The molecule has 2 heteroatoms. The summed E-state index contributed by atoms with van der Waals surface area (Å²) in [6.07, 6.45) is 8.06. The molecule has 1 aliphatic rings. The number of aromatic nitrogens is 1. The summed E-state index contributed by atoms with van der Waals surface area (Å²) in [5, 5.41) is 12.7. The second-order valence-electron chi connectivity index (χ2n) is 16.0. The van der Waals surface area contributed by atoms with Crippen LogP contribution in [0.3, 0.4) is 0 Å². The first-order valence-corrected chi connectivity index (χ1v) is 21.0. The van der Waals surface area contributed by atoms with Crippen molar-refractivity contribution < 1.29 is 0 Å². The highest BCUT2D eigenvalue weighted by atomic mass is 15.2. The highest BCUT2D eigenvalue weighted by Crippen LogP contribution is 2.46. The molecule has 0 radical (unpaired) electrons. The molecule has 0 spiro atoms. The molecule has 1 unspecified atom stereocenters. The number of benzene rings is 10. The van der Waals surface area contributed by atoms with Crippen LogP contribution in [-0.4, -0.2) is 4.57 Å². The summed E-state index contributed by atoms with van der Waals surface area (Å²) in [4.78, 5) is 2.44. The van der Waals surface area contributed by atoms with Crippen molar-refractivity contribution >= 4 is 76.3 Å². The van der Waals surface area contributed by atoms with Gasteiger partial charge in [0.25, 0.3) is 0 Å². The Labute approximate surface area is 349 Å². The third kappa shape index (κ3) is 5.42. The third-order valence-electron chi connectivity index (χ3n) is 12.6. The normalized spacial score (nSPS) is 14.1. The Morgan fingerprint density at radius 3 is 1.60 bits per heavy atom. The Hall–Kier alpha value is -7.68. The predicted molar refractivity (Wildman–Crippen MR) is 256 cm³/mol. The van der Waals surface area contributed by atoms with E-state index in [9.17, 15) is 0 Å². The molecule has 11 aromatic rings. The molecule has 12 rings (SSSR count). The molecular formula is C58H40N2. The quantitative estimate of drug-likeness (QED) is 0.121. The van der Waals surface area contributed by atoms with E-state index in [2.05, 4.69) is 234 Å². The maximum absolute atomic E-state index is 2.56. The van der Waals surface area contributed by atoms with Gasteiger partial charge in [0, 0.05) is 38.6 Å². The fraction of sp³-hybridized carbons (Fsp3) is 0.0345. The Morgan fingerprint density at radius 2 is 0.933 bits per heavy atom. The van der Waals surface area contributed by atoms with Crippen LogP contribution in [0.15, 0.2) is 230 Å². The Bertz CT molecular complexity index is 3460. The van der Waals surface area contributed by atoms with E-state index < -0.39 is 0 Å². The average Bonchev–Trinajstić information content (AvgIpc) is 3.65. The fourth-order valence-electron chi connectivity index (χ4n) is 10.1. The van der Waals surface area contributed by atoms with Crippen LogP contribution in [-0.2, 0) is 0 Å². The summed E-state index contributed by atoms with van der Waals surface area (Å²) in [6.45, 7) is 0. The standard InChI is InChI=1S/C58H40N2/c1-3-17-39(18-4-1)57-49-26-11-13-28-51(49)58(52-29-14-12-27-50(52)57)41-31-36-55-53(37-41)48-25-15-16-30-54(48)60(55)44-34-32-43(33-35-44)59(42-20-5-2-6-21-42)56-38-40-19-7-8-22-45(40)46-23-9-10-24-47(46)56/h1-34,36-38,44H,35H2. The van der Waals surface area contributed by atoms with E-state index in [0.717, 1.165) is 12.1 Å². The van der Waals surface area contributed by atoms with Gasteiger partial charge in [-0.3, -0.25) is 0 Å². The van der Waals surface area contributed by atoms with Crippen LogP contribution in [0.5, 0.6) is 0 Å². The van der Waals surface area contributed by atoms with Gasteiger partial charge >= 0.3 is 0 Å². The van der Waals surface area contributed by atoms with Crippen LogP contribution in [0.25, 0.3) is 87.1 Å². The largest absolute Gasteiger partial charge is 0.333 e. The zero-order valence-corrected chi connectivity index (χ0v) is 33.0. The molecule has 2 nitrogen and oxygen atoms in total. The van der Waals surface area contributed by atoms with Gasteiger partial charge in [-0.2, -0.15) is 0 Å². The van der Waals surface area contributed by atoms with Gasteiger partial charge in [0.1, 0.15) is 0 Å². The average molecular weight is 765 g/mol. The highest BCUT2D eigenvalue weighted by molar-refractivity contribution is 6.22. The molecule has 1 heterocycles. The lowest BCUT2D eigenvalue weighted by Crippen LogP contribution is -2.19. The molecular weight excluding hydrogens is 725 g/mol. The van der Waals surface area contributed by atoms with Gasteiger partial charge in [0.2, 0.25) is 0 Å². The smallest absolute Gasteiger partial charge is 0.0561 e. The molecule has 0 amide bonds. The van der Waals surface area contributed by atoms with Crippen LogP contribution in [0.2, 0.25) is 0 Å². The lowest BCUT2D eigenvalue weighted by molar-refractivity contribution is 0.643. The van der Waals surface area contributed by atoms with E-state index in [-0.39, 0.29) is 6.04 Å². The molecule has 60 heavy (non-hydrogen) atoms. The number of hydrogen-bond donors (Lipinski definition) is 0. The maximum Gasteiger partial charge on any atom is 0.0561 e. The van der Waals surface area contributed by atoms with Crippen molar-refractivity contribution in [3.05, 3.63) is 230 Å². The van der Waals surface area contributed by atoms with Crippen LogP contribution in [0.1, 0.15) is 12.5 Å². The molecule has 1 aliphatic carbocycles. The van der Waals surface area contributed by atoms with E-state index in [1.807, 2.05) is 0 Å². The van der Waals surface area contributed by atoms with Gasteiger partial charge in [0.05, 0.1) is 11.7 Å². The number of nitrogens with zero attached hydrogens (tertiary/aromatic N) is 2. The predicted octanol–water partition coefficient (Wildman–Crippen LogP) is 16.0. The maximum atomic E-state index is 2.56. The second kappa shape index (κ2) is 14.0. The number of rotatable bonds is 6. The van der Waals surface area contributed by atoms with Gasteiger partial charge in [-0.15, -0.1) is 0 Å². The minimum atomic E-state index is 0.153. The summed E-state index contributed by atoms with van der Waals surface area (Å²) >= 11 is 0. The van der Waals surface area contributed by atoms with Crippen molar-refractivity contribution in [3.8, 4) is 22.3 Å². The SMILES string of the molecule is C1=CC(n2c3ccccc3c3cc(-c4c5ccccc5c(-c5ccccc5)c5ccccc45)ccc32)CC=C1N(c1ccccc1)c1cc2ccccc2c2ccccc12. The molecule has 0 fully saturated rings. The highest BCUT2D eigenvalue weighted by Gasteiger charge is 2.24. The summed E-state index contributed by atoms with van der Waals surface area (Å²) < 4.78 is 2.56. The Morgan fingerprint density at radius 1 is 0.400 bits per heavy atom. The van der Waals surface area contributed by atoms with Crippen LogP contribution >= 0.6 is 0 Å². The summed E-state index contributed by atoms with van der Waals surface area (Å²) in [5.74, 6) is 0. The minimum Gasteiger partial charge on any atom is -0.333 e. The van der Waals surface area contributed by atoms with Gasteiger partial charge in [0.15, 0.2) is 0 Å². The summed E-state index contributed by atoms with van der Waals surface area (Å²) in [5.41, 5.74) is 11.1. The van der Waals surface area contributed by atoms with Crippen molar-refractivity contribution in [1.82, 2.24) is 4.57 Å². The topological polar surface area (TPSA) is 8.17 Å². The van der Waals surface area contributed by atoms with Crippen LogP contribution < -0.4 is 4.90 Å². The van der Waals surface area contributed by atoms with E-state index >= 15 is 0 Å². The number of hydrogen-bond acceptors (Lipinski definition) is 1. The lowest BCUT2D eigenvalue weighted by Gasteiger charge is -2.31. The van der Waals surface area contributed by atoms with E-state index in [4.69, 9.17) is 0 Å². The zero-order chi connectivity index (χ0) is 39.6. The van der Waals surface area contributed by atoms with Crippen molar-refractivity contribution in [3.63, 3.8) is 0 Å². The first kappa shape index (κ1) is 34.4.